The first-order valence-corrected chi connectivity index (χ1v) is 3.81. The van der Waals surface area contributed by atoms with E-state index >= 15 is 0 Å². The van der Waals surface area contributed by atoms with E-state index in [1.54, 1.807) is 0 Å². The van der Waals surface area contributed by atoms with Crippen LogP contribution in [0.4, 0.5) is 13.2 Å². The van der Waals surface area contributed by atoms with Crippen molar-refractivity contribution in [3.63, 3.8) is 0 Å². The van der Waals surface area contributed by atoms with Crippen molar-refractivity contribution in [2.24, 2.45) is 0 Å². The first-order valence-electron chi connectivity index (χ1n) is 3.81. The molecular weight excluding hydrogens is 213 g/mol. The smallest absolute Gasteiger partial charge is 0.311 e. The summed E-state index contributed by atoms with van der Waals surface area (Å²) in [5.41, 5.74) is -0.894. The standard InChI is InChI=1S/C9H5F3O3/c10-4-1-5(7(13)3-8(14)15)9(12)6(11)2-4/h1-2H,3H2,(H,14,15). The number of benzene rings is 1. The number of carbonyl (C=O) groups is 2. The van der Waals surface area contributed by atoms with Crippen LogP contribution in [0.1, 0.15) is 16.8 Å². The van der Waals surface area contributed by atoms with Crippen LogP contribution in [-0.4, -0.2) is 16.9 Å². The highest BCUT2D eigenvalue weighted by atomic mass is 19.2. The predicted molar refractivity (Wildman–Crippen MR) is 42.9 cm³/mol. The van der Waals surface area contributed by atoms with E-state index in [0.29, 0.717) is 6.07 Å². The summed E-state index contributed by atoms with van der Waals surface area (Å²) < 4.78 is 38.1. The van der Waals surface area contributed by atoms with E-state index in [2.05, 4.69) is 0 Å². The second kappa shape index (κ2) is 4.12. The van der Waals surface area contributed by atoms with Crippen molar-refractivity contribution in [1.82, 2.24) is 0 Å². The summed E-state index contributed by atoms with van der Waals surface area (Å²) in [5.74, 6) is -6.88. The molecule has 0 saturated heterocycles. The molecule has 0 aliphatic rings. The molecule has 1 rings (SSSR count). The fourth-order valence-corrected chi connectivity index (χ4v) is 0.991. The average Bonchev–Trinajstić information content (AvgIpc) is 2.09. The predicted octanol–water partition coefficient (Wildman–Crippen LogP) is 1.76. The first kappa shape index (κ1) is 11.2. The summed E-state index contributed by atoms with van der Waals surface area (Å²) in [6.07, 6.45) is -1.01. The van der Waals surface area contributed by atoms with E-state index in [1.807, 2.05) is 0 Å². The van der Waals surface area contributed by atoms with Crippen LogP contribution < -0.4 is 0 Å². The third-order valence-electron chi connectivity index (χ3n) is 1.61. The van der Waals surface area contributed by atoms with Crippen LogP contribution in [0.3, 0.4) is 0 Å². The van der Waals surface area contributed by atoms with Gasteiger partial charge in [-0.15, -0.1) is 0 Å². The van der Waals surface area contributed by atoms with Crippen LogP contribution >= 0.6 is 0 Å². The summed E-state index contributed by atoms with van der Waals surface area (Å²) >= 11 is 0. The summed E-state index contributed by atoms with van der Waals surface area (Å²) in [6, 6.07) is 0.733. The lowest BCUT2D eigenvalue weighted by molar-refractivity contribution is -0.135. The largest absolute Gasteiger partial charge is 0.481 e. The van der Waals surface area contributed by atoms with Crippen LogP contribution in [0.15, 0.2) is 12.1 Å². The molecule has 0 bridgehead atoms. The maximum Gasteiger partial charge on any atom is 0.311 e. The van der Waals surface area contributed by atoms with Gasteiger partial charge in [-0.2, -0.15) is 0 Å². The molecular formula is C9H5F3O3. The molecule has 1 aromatic rings. The monoisotopic (exact) mass is 218 g/mol. The van der Waals surface area contributed by atoms with Crippen molar-refractivity contribution in [2.45, 2.75) is 6.42 Å². The second-order valence-corrected chi connectivity index (χ2v) is 2.74. The Balaban J connectivity index is 3.13. The van der Waals surface area contributed by atoms with Gasteiger partial charge in [0.25, 0.3) is 0 Å². The molecule has 0 spiro atoms. The third kappa shape index (κ3) is 2.55. The van der Waals surface area contributed by atoms with Gasteiger partial charge in [0.15, 0.2) is 17.4 Å². The van der Waals surface area contributed by atoms with Crippen molar-refractivity contribution in [3.8, 4) is 0 Å². The number of carbonyl (C=O) groups excluding carboxylic acids is 1. The molecule has 0 saturated carbocycles. The fourth-order valence-electron chi connectivity index (χ4n) is 0.991. The molecule has 80 valence electrons. The van der Waals surface area contributed by atoms with Gasteiger partial charge >= 0.3 is 5.97 Å². The lowest BCUT2D eigenvalue weighted by Gasteiger charge is -2.01. The fraction of sp³-hybridized carbons (Fsp3) is 0.111. The zero-order valence-electron chi connectivity index (χ0n) is 7.26. The molecule has 1 N–H and O–H groups in total. The van der Waals surface area contributed by atoms with E-state index in [0.717, 1.165) is 0 Å². The van der Waals surface area contributed by atoms with Gasteiger partial charge < -0.3 is 5.11 Å². The first-order chi connectivity index (χ1) is 6.91. The van der Waals surface area contributed by atoms with E-state index in [4.69, 9.17) is 5.11 Å². The molecule has 0 aromatic heterocycles. The minimum atomic E-state index is -1.54. The van der Waals surface area contributed by atoms with E-state index in [9.17, 15) is 22.8 Å². The number of rotatable bonds is 3. The second-order valence-electron chi connectivity index (χ2n) is 2.74. The Morgan fingerprint density at radius 3 is 2.33 bits per heavy atom. The van der Waals surface area contributed by atoms with Gasteiger partial charge in [0.2, 0.25) is 0 Å². The molecule has 6 heteroatoms. The van der Waals surface area contributed by atoms with E-state index in [-0.39, 0.29) is 6.07 Å². The van der Waals surface area contributed by atoms with Crippen molar-refractivity contribution >= 4 is 11.8 Å². The molecule has 0 unspecified atom stereocenters. The van der Waals surface area contributed by atoms with Gasteiger partial charge in [-0.1, -0.05) is 0 Å². The highest BCUT2D eigenvalue weighted by molar-refractivity contribution is 6.05. The average molecular weight is 218 g/mol. The molecule has 15 heavy (non-hydrogen) atoms. The van der Waals surface area contributed by atoms with Gasteiger partial charge in [-0.05, 0) is 6.07 Å². The van der Waals surface area contributed by atoms with Crippen molar-refractivity contribution in [3.05, 3.63) is 35.1 Å². The quantitative estimate of drug-likeness (QED) is 0.477. The Kier molecular flexibility index (Phi) is 3.08. The molecule has 0 atom stereocenters. The summed E-state index contributed by atoms with van der Waals surface area (Å²) in [7, 11) is 0. The van der Waals surface area contributed by atoms with Crippen LogP contribution in [0.25, 0.3) is 0 Å². The Hall–Kier alpha value is -1.85. The van der Waals surface area contributed by atoms with Crippen molar-refractivity contribution in [2.75, 3.05) is 0 Å². The highest BCUT2D eigenvalue weighted by Crippen LogP contribution is 2.15. The Morgan fingerprint density at radius 2 is 1.80 bits per heavy atom. The molecule has 0 heterocycles. The Morgan fingerprint density at radius 1 is 1.20 bits per heavy atom. The minimum absolute atomic E-state index is 0.271. The third-order valence-corrected chi connectivity index (χ3v) is 1.61. The molecule has 3 nitrogen and oxygen atoms in total. The van der Waals surface area contributed by atoms with Gasteiger partial charge in [-0.3, -0.25) is 9.59 Å². The normalized spacial score (nSPS) is 10.1. The SMILES string of the molecule is O=C(O)CC(=O)c1cc(F)cc(F)c1F. The highest BCUT2D eigenvalue weighted by Gasteiger charge is 2.19. The van der Waals surface area contributed by atoms with Gasteiger partial charge in [0.1, 0.15) is 12.2 Å². The molecule has 0 fully saturated rings. The van der Waals surface area contributed by atoms with Crippen molar-refractivity contribution in [1.29, 1.82) is 0 Å². The topological polar surface area (TPSA) is 54.4 Å². The number of aliphatic carboxylic acids is 1. The number of carboxylic acid groups (broad SMARTS) is 1. The zero-order chi connectivity index (χ0) is 11.6. The number of carboxylic acids is 1. The van der Waals surface area contributed by atoms with Crippen LogP contribution in [-0.2, 0) is 4.79 Å². The molecule has 0 radical (unpaired) electrons. The van der Waals surface area contributed by atoms with E-state index in [1.165, 1.54) is 0 Å². The zero-order valence-corrected chi connectivity index (χ0v) is 7.26. The molecule has 0 amide bonds. The van der Waals surface area contributed by atoms with E-state index < -0.39 is 41.2 Å². The minimum Gasteiger partial charge on any atom is -0.481 e. The number of halogens is 3. The lowest BCUT2D eigenvalue weighted by atomic mass is 10.1. The van der Waals surface area contributed by atoms with Crippen molar-refractivity contribution < 1.29 is 27.9 Å². The van der Waals surface area contributed by atoms with Crippen LogP contribution in [0.5, 0.6) is 0 Å². The molecule has 1 aromatic carbocycles. The Bertz CT molecular complexity index is 429. The Labute approximate surface area is 82.1 Å². The maximum absolute atomic E-state index is 12.9. The maximum atomic E-state index is 12.9. The van der Waals surface area contributed by atoms with Gasteiger partial charge in [-0.25, -0.2) is 13.2 Å². The number of hydrogen-bond acceptors (Lipinski definition) is 2. The van der Waals surface area contributed by atoms with Crippen LogP contribution in [0, 0.1) is 17.5 Å². The summed E-state index contributed by atoms with van der Waals surface area (Å²) in [5, 5.41) is 8.24. The number of ketones is 1. The number of Topliss-reactive ketones (excluding diaryl/α,β-unsaturated/α-hetero) is 1. The number of hydrogen-bond donors (Lipinski definition) is 1. The van der Waals surface area contributed by atoms with Gasteiger partial charge in [0.05, 0.1) is 5.56 Å². The summed E-state index contributed by atoms with van der Waals surface area (Å²) in [6.45, 7) is 0. The van der Waals surface area contributed by atoms with Crippen LogP contribution in [0.2, 0.25) is 0 Å². The summed E-state index contributed by atoms with van der Waals surface area (Å²) in [4.78, 5) is 21.2. The van der Waals surface area contributed by atoms with Gasteiger partial charge in [0, 0.05) is 6.07 Å². The molecule has 0 aliphatic carbocycles. The molecule has 0 aliphatic heterocycles. The lowest BCUT2D eigenvalue weighted by Crippen LogP contribution is -2.10.